The highest BCUT2D eigenvalue weighted by molar-refractivity contribution is 7.99. The third-order valence-corrected chi connectivity index (χ3v) is 3.82. The molecule has 1 saturated heterocycles. The first-order valence-corrected chi connectivity index (χ1v) is 7.01. The maximum Gasteiger partial charge on any atom is 0.257 e. The summed E-state index contributed by atoms with van der Waals surface area (Å²) in [6.07, 6.45) is 0. The van der Waals surface area contributed by atoms with E-state index in [0.29, 0.717) is 18.3 Å². The van der Waals surface area contributed by atoms with Crippen LogP contribution in [0, 0.1) is 0 Å². The van der Waals surface area contributed by atoms with Gasteiger partial charge in [-0.05, 0) is 19.1 Å². The molecule has 100 valence electrons. The monoisotopic (exact) mass is 278 g/mol. The molecule has 0 unspecified atom stereocenters. The molecule has 1 aromatic heterocycles. The SMILES string of the molecule is CC1(O)CN(C(=O)CSc2nc3ccccc3o2)C1. The van der Waals surface area contributed by atoms with Crippen molar-refractivity contribution in [1.29, 1.82) is 0 Å². The summed E-state index contributed by atoms with van der Waals surface area (Å²) in [4.78, 5) is 17.8. The quantitative estimate of drug-likeness (QED) is 0.862. The van der Waals surface area contributed by atoms with E-state index in [1.54, 1.807) is 11.8 Å². The summed E-state index contributed by atoms with van der Waals surface area (Å²) in [5.41, 5.74) is 0.798. The Morgan fingerprint density at radius 3 is 2.95 bits per heavy atom. The Balaban J connectivity index is 1.59. The number of amides is 1. The molecule has 1 amide bonds. The van der Waals surface area contributed by atoms with Gasteiger partial charge >= 0.3 is 0 Å². The van der Waals surface area contributed by atoms with Crippen LogP contribution in [0.3, 0.4) is 0 Å². The summed E-state index contributed by atoms with van der Waals surface area (Å²) in [6, 6.07) is 7.50. The van der Waals surface area contributed by atoms with Crippen LogP contribution in [0.2, 0.25) is 0 Å². The Kier molecular flexibility index (Phi) is 2.99. The summed E-state index contributed by atoms with van der Waals surface area (Å²) in [5, 5.41) is 10.1. The molecule has 0 aliphatic carbocycles. The summed E-state index contributed by atoms with van der Waals surface area (Å²) in [5.74, 6) is 0.280. The average Bonchev–Trinajstić information content (AvgIpc) is 2.75. The number of nitrogens with zero attached hydrogens (tertiary/aromatic N) is 2. The highest BCUT2D eigenvalue weighted by Crippen LogP contribution is 2.25. The summed E-state index contributed by atoms with van der Waals surface area (Å²) >= 11 is 1.28. The van der Waals surface area contributed by atoms with Crippen molar-refractivity contribution >= 4 is 28.8 Å². The zero-order valence-corrected chi connectivity index (χ0v) is 11.3. The lowest BCUT2D eigenvalue weighted by Crippen LogP contribution is -2.62. The molecule has 1 fully saturated rings. The number of aromatic nitrogens is 1. The van der Waals surface area contributed by atoms with E-state index < -0.39 is 5.60 Å². The van der Waals surface area contributed by atoms with E-state index in [9.17, 15) is 9.90 Å². The van der Waals surface area contributed by atoms with Crippen LogP contribution in [-0.2, 0) is 4.79 Å². The Morgan fingerprint density at radius 2 is 2.26 bits per heavy atom. The number of hydrogen-bond donors (Lipinski definition) is 1. The molecule has 0 atom stereocenters. The molecule has 1 N–H and O–H groups in total. The first kappa shape index (κ1) is 12.5. The molecule has 1 aromatic carbocycles. The average molecular weight is 278 g/mol. The van der Waals surface area contributed by atoms with Gasteiger partial charge in [0.1, 0.15) is 5.52 Å². The van der Waals surface area contributed by atoms with Gasteiger partial charge in [0.2, 0.25) is 5.91 Å². The maximum absolute atomic E-state index is 11.8. The number of carbonyl (C=O) groups is 1. The van der Waals surface area contributed by atoms with E-state index >= 15 is 0 Å². The zero-order chi connectivity index (χ0) is 13.5. The van der Waals surface area contributed by atoms with E-state index in [1.807, 2.05) is 24.3 Å². The molecule has 3 rings (SSSR count). The second-order valence-electron chi connectivity index (χ2n) is 4.98. The summed E-state index contributed by atoms with van der Waals surface area (Å²) in [7, 11) is 0. The predicted octanol–water partition coefficient (Wildman–Crippen LogP) is 1.51. The second kappa shape index (κ2) is 4.54. The van der Waals surface area contributed by atoms with Crippen molar-refractivity contribution in [2.45, 2.75) is 17.7 Å². The maximum atomic E-state index is 11.8. The number of para-hydroxylation sites is 2. The fourth-order valence-electron chi connectivity index (χ4n) is 2.08. The highest BCUT2D eigenvalue weighted by atomic mass is 32.2. The first-order valence-electron chi connectivity index (χ1n) is 6.02. The van der Waals surface area contributed by atoms with Gasteiger partial charge in [0.25, 0.3) is 5.22 Å². The van der Waals surface area contributed by atoms with E-state index in [1.165, 1.54) is 11.8 Å². The molecular formula is C13H14N2O3S. The number of oxazole rings is 1. The van der Waals surface area contributed by atoms with Crippen molar-refractivity contribution in [2.75, 3.05) is 18.8 Å². The molecule has 0 saturated carbocycles. The lowest BCUT2D eigenvalue weighted by atomic mass is 9.97. The Morgan fingerprint density at radius 1 is 1.53 bits per heavy atom. The number of benzene rings is 1. The van der Waals surface area contributed by atoms with Crippen molar-refractivity contribution in [2.24, 2.45) is 0 Å². The van der Waals surface area contributed by atoms with Crippen LogP contribution < -0.4 is 0 Å². The lowest BCUT2D eigenvalue weighted by molar-refractivity contribution is -0.149. The Labute approximate surface area is 114 Å². The van der Waals surface area contributed by atoms with Crippen LogP contribution >= 0.6 is 11.8 Å². The Hall–Kier alpha value is -1.53. The van der Waals surface area contributed by atoms with Gasteiger partial charge in [0.05, 0.1) is 24.4 Å². The predicted molar refractivity (Wildman–Crippen MR) is 71.9 cm³/mol. The molecule has 1 aliphatic heterocycles. The molecular weight excluding hydrogens is 264 g/mol. The minimum absolute atomic E-state index is 0.00113. The van der Waals surface area contributed by atoms with E-state index in [2.05, 4.69) is 4.98 Å². The highest BCUT2D eigenvalue weighted by Gasteiger charge is 2.39. The van der Waals surface area contributed by atoms with Crippen molar-refractivity contribution in [1.82, 2.24) is 9.88 Å². The lowest BCUT2D eigenvalue weighted by Gasteiger charge is -2.44. The molecule has 0 spiro atoms. The smallest absolute Gasteiger partial charge is 0.257 e. The van der Waals surface area contributed by atoms with Gasteiger partial charge in [-0.25, -0.2) is 4.98 Å². The van der Waals surface area contributed by atoms with Crippen molar-refractivity contribution < 1.29 is 14.3 Å². The summed E-state index contributed by atoms with van der Waals surface area (Å²) < 4.78 is 5.52. The van der Waals surface area contributed by atoms with Crippen molar-refractivity contribution in [3.8, 4) is 0 Å². The molecule has 2 heterocycles. The van der Waals surface area contributed by atoms with Crippen LogP contribution in [0.5, 0.6) is 0 Å². The van der Waals surface area contributed by atoms with Gasteiger partial charge in [-0.15, -0.1) is 0 Å². The van der Waals surface area contributed by atoms with Crippen LogP contribution in [0.4, 0.5) is 0 Å². The van der Waals surface area contributed by atoms with E-state index in [0.717, 1.165) is 11.1 Å². The first-order chi connectivity index (χ1) is 9.03. The number of rotatable bonds is 3. The third kappa shape index (κ3) is 2.59. The zero-order valence-electron chi connectivity index (χ0n) is 10.5. The number of fused-ring (bicyclic) bond motifs is 1. The number of likely N-dealkylation sites (tertiary alicyclic amines) is 1. The normalized spacial score (nSPS) is 17.5. The topological polar surface area (TPSA) is 66.6 Å². The van der Waals surface area contributed by atoms with Gasteiger partial charge in [-0.2, -0.15) is 0 Å². The minimum atomic E-state index is -0.724. The van der Waals surface area contributed by atoms with Crippen molar-refractivity contribution in [3.05, 3.63) is 24.3 Å². The molecule has 5 nitrogen and oxygen atoms in total. The van der Waals surface area contributed by atoms with Gasteiger partial charge < -0.3 is 14.4 Å². The minimum Gasteiger partial charge on any atom is -0.431 e. The fourth-order valence-corrected chi connectivity index (χ4v) is 2.82. The van der Waals surface area contributed by atoms with E-state index in [-0.39, 0.29) is 11.7 Å². The molecule has 2 aromatic rings. The van der Waals surface area contributed by atoms with Gasteiger partial charge in [0.15, 0.2) is 5.58 Å². The van der Waals surface area contributed by atoms with Gasteiger partial charge in [-0.3, -0.25) is 4.79 Å². The summed E-state index contributed by atoms with van der Waals surface area (Å²) in [6.45, 7) is 2.53. The molecule has 19 heavy (non-hydrogen) atoms. The standard InChI is InChI=1S/C13H14N2O3S/c1-13(17)7-15(8-13)11(16)6-19-12-14-9-4-2-3-5-10(9)18-12/h2-5,17H,6-8H2,1H3. The number of β-amino-alcohol motifs (C(OH)–C–C–N with tert-alkyl or cyclic N) is 1. The van der Waals surface area contributed by atoms with E-state index in [4.69, 9.17) is 4.42 Å². The van der Waals surface area contributed by atoms with Crippen LogP contribution in [0.25, 0.3) is 11.1 Å². The van der Waals surface area contributed by atoms with Gasteiger partial charge in [-0.1, -0.05) is 23.9 Å². The number of carbonyl (C=O) groups excluding carboxylic acids is 1. The van der Waals surface area contributed by atoms with Crippen LogP contribution in [0.1, 0.15) is 6.92 Å². The fraction of sp³-hybridized carbons (Fsp3) is 0.385. The number of aliphatic hydroxyl groups is 1. The number of thioether (sulfide) groups is 1. The number of hydrogen-bond acceptors (Lipinski definition) is 5. The molecule has 0 bridgehead atoms. The molecule has 1 aliphatic rings. The molecule has 0 radical (unpaired) electrons. The van der Waals surface area contributed by atoms with Gasteiger partial charge in [0, 0.05) is 0 Å². The van der Waals surface area contributed by atoms with Crippen molar-refractivity contribution in [3.63, 3.8) is 0 Å². The van der Waals surface area contributed by atoms with Crippen LogP contribution in [0.15, 0.2) is 33.9 Å². The van der Waals surface area contributed by atoms with Crippen LogP contribution in [-0.4, -0.2) is 45.3 Å². The molecule has 6 heteroatoms. The second-order valence-corrected chi connectivity index (χ2v) is 5.91. The largest absolute Gasteiger partial charge is 0.431 e. The Bertz CT molecular complexity index is 582. The third-order valence-electron chi connectivity index (χ3n) is 3.01.